The molecule has 0 saturated carbocycles. The van der Waals surface area contributed by atoms with Crippen LogP contribution in [0.1, 0.15) is 27.2 Å². The number of nitrogens with zero attached hydrogens (tertiary/aromatic N) is 1. The van der Waals surface area contributed by atoms with Crippen molar-refractivity contribution in [2.75, 3.05) is 0 Å². The number of amides is 2. The van der Waals surface area contributed by atoms with Gasteiger partial charge in [0.05, 0.1) is 33.3 Å². The van der Waals surface area contributed by atoms with E-state index in [1.807, 2.05) is 0 Å². The number of carbonyl (C=O) groups excluding carboxylic acids is 2. The van der Waals surface area contributed by atoms with Crippen molar-refractivity contribution in [3.63, 3.8) is 0 Å². The van der Waals surface area contributed by atoms with Crippen molar-refractivity contribution in [3.8, 4) is 0 Å². The fraction of sp³-hybridized carbons (Fsp3) is 0.500. The third-order valence-electron chi connectivity index (χ3n) is 3.80. The average Bonchev–Trinajstić information content (AvgIpc) is 2.71. The minimum absolute atomic E-state index is 0.101. The van der Waals surface area contributed by atoms with Crippen LogP contribution in [0.5, 0.6) is 0 Å². The molecule has 0 radical (unpaired) electrons. The zero-order chi connectivity index (χ0) is 17.5. The second-order valence-corrected chi connectivity index (χ2v) is 7.35. The van der Waals surface area contributed by atoms with E-state index in [9.17, 15) is 28.8 Å². The van der Waals surface area contributed by atoms with E-state index in [0.29, 0.717) is 0 Å². The molecule has 126 valence electrons. The number of carboxylic acid groups (broad SMARTS) is 1. The lowest BCUT2D eigenvalue weighted by atomic mass is 9.76. The highest BCUT2D eigenvalue weighted by Gasteiger charge is 2.60. The molecule has 2 aliphatic heterocycles. The maximum Gasteiger partial charge on any atom is 0.353 e. The van der Waals surface area contributed by atoms with Gasteiger partial charge >= 0.3 is 5.97 Å². The normalized spacial score (nSPS) is 25.4. The molecule has 2 heterocycles. The Kier molecular flexibility index (Phi) is 4.45. The third-order valence-corrected chi connectivity index (χ3v) is 5.03. The Morgan fingerprint density at radius 2 is 2.04 bits per heavy atom. The Hall–Kier alpha value is -2.00. The summed E-state index contributed by atoms with van der Waals surface area (Å²) in [5.74, 6) is -2.91. The van der Waals surface area contributed by atoms with E-state index in [1.54, 1.807) is 0 Å². The summed E-state index contributed by atoms with van der Waals surface area (Å²) in [7, 11) is -1.79. The first-order valence-corrected chi connectivity index (χ1v) is 8.13. The van der Waals surface area contributed by atoms with E-state index in [2.05, 4.69) is 5.32 Å². The van der Waals surface area contributed by atoms with Gasteiger partial charge in [0.25, 0.3) is 0 Å². The summed E-state index contributed by atoms with van der Waals surface area (Å²) in [5.41, 5.74) is -1.59. The lowest BCUT2D eigenvalue weighted by Gasteiger charge is -2.48. The van der Waals surface area contributed by atoms with Gasteiger partial charge in [0.1, 0.15) is 5.70 Å². The van der Waals surface area contributed by atoms with Crippen LogP contribution in [0.4, 0.5) is 0 Å². The summed E-state index contributed by atoms with van der Waals surface area (Å²) >= 11 is 0. The maximum atomic E-state index is 12.3. The van der Waals surface area contributed by atoms with Crippen LogP contribution in [0.15, 0.2) is 22.2 Å². The number of β-lactam (4-membered cyclic amide) rings is 1. The smallest absolute Gasteiger partial charge is 0.353 e. The van der Waals surface area contributed by atoms with Crippen LogP contribution >= 0.6 is 0 Å². The molecule has 2 rings (SSSR count). The molecule has 3 atom stereocenters. The highest BCUT2D eigenvalue weighted by molar-refractivity contribution is 7.91. The van der Waals surface area contributed by atoms with Crippen LogP contribution in [-0.4, -0.2) is 48.7 Å². The first-order valence-electron chi connectivity index (χ1n) is 6.92. The van der Waals surface area contributed by atoms with Crippen LogP contribution in [0.25, 0.3) is 0 Å². The maximum absolute atomic E-state index is 12.3. The van der Waals surface area contributed by atoms with E-state index < -0.39 is 40.2 Å². The molecule has 23 heavy (non-hydrogen) atoms. The van der Waals surface area contributed by atoms with E-state index in [0.717, 1.165) is 10.3 Å². The van der Waals surface area contributed by atoms with Crippen molar-refractivity contribution in [3.05, 3.63) is 22.2 Å². The highest BCUT2D eigenvalue weighted by Crippen LogP contribution is 2.47. The van der Waals surface area contributed by atoms with E-state index in [4.69, 9.17) is 0 Å². The molecule has 0 bridgehead atoms. The zero-order valence-electron chi connectivity index (χ0n) is 12.9. The van der Waals surface area contributed by atoms with Crippen molar-refractivity contribution in [2.24, 2.45) is 5.92 Å². The van der Waals surface area contributed by atoms with Crippen molar-refractivity contribution < 1.29 is 28.8 Å². The van der Waals surface area contributed by atoms with Gasteiger partial charge in [0, 0.05) is 25.0 Å². The lowest BCUT2D eigenvalue weighted by molar-refractivity contribution is -0.169. The number of nitrogens with one attached hydrogen (secondary N) is 1. The van der Waals surface area contributed by atoms with Crippen LogP contribution in [0.2, 0.25) is 0 Å². The molecule has 0 aromatic rings. The highest BCUT2D eigenvalue weighted by atomic mass is 32.2. The zero-order valence-corrected chi connectivity index (χ0v) is 13.7. The van der Waals surface area contributed by atoms with Gasteiger partial charge < -0.3 is 20.4 Å². The molecule has 0 spiro atoms. The minimum Gasteiger partial charge on any atom is -0.477 e. The van der Waals surface area contributed by atoms with Crippen molar-refractivity contribution in [1.82, 2.24) is 10.2 Å². The number of hydrogen-bond acceptors (Lipinski definition) is 5. The molecule has 1 saturated heterocycles. The second-order valence-electron chi connectivity index (χ2n) is 5.99. The number of aliphatic carboxylic acids is 1. The summed E-state index contributed by atoms with van der Waals surface area (Å²) in [6, 6.07) is -0.512. The molecule has 9 heteroatoms. The summed E-state index contributed by atoms with van der Waals surface area (Å²) in [6.07, 6.45) is 1.29. The molecule has 0 aromatic carbocycles. The molecule has 3 N–H and O–H groups in total. The van der Waals surface area contributed by atoms with Gasteiger partial charge in [-0.05, 0) is 13.8 Å². The Labute approximate surface area is 135 Å². The second kappa shape index (κ2) is 5.89. The monoisotopic (exact) mass is 342 g/mol. The molecule has 8 nitrogen and oxygen atoms in total. The van der Waals surface area contributed by atoms with Crippen LogP contribution in [0, 0.1) is 5.92 Å². The first-order chi connectivity index (χ1) is 10.6. The minimum atomic E-state index is -1.79. The Morgan fingerprint density at radius 1 is 1.43 bits per heavy atom. The predicted octanol–water partition coefficient (Wildman–Crippen LogP) is -0.360. The molecule has 1 fully saturated rings. The average molecular weight is 342 g/mol. The topological polar surface area (TPSA) is 124 Å². The molecule has 2 aliphatic rings. The first kappa shape index (κ1) is 17.4. The SMILES string of the molecule is CC(=O)NC=C[S@@](=O)C1=C(C(=O)O)N2C(=O)[C@@H](C(C)(C)O)[C@H]2C1. The third kappa shape index (κ3) is 3.06. The summed E-state index contributed by atoms with van der Waals surface area (Å²) < 4.78 is 12.3. The van der Waals surface area contributed by atoms with Gasteiger partial charge in [-0.3, -0.25) is 9.59 Å². The van der Waals surface area contributed by atoms with E-state index in [1.165, 1.54) is 27.0 Å². The number of rotatable bonds is 5. The van der Waals surface area contributed by atoms with Gasteiger partial charge in [0.15, 0.2) is 0 Å². The Balaban J connectivity index is 2.28. The Bertz CT molecular complexity index is 661. The van der Waals surface area contributed by atoms with Crippen LogP contribution < -0.4 is 5.32 Å². The number of aliphatic hydroxyl groups is 1. The summed E-state index contributed by atoms with van der Waals surface area (Å²) in [5, 5.41) is 22.9. The van der Waals surface area contributed by atoms with Crippen molar-refractivity contribution in [2.45, 2.75) is 38.8 Å². The molecular weight excluding hydrogens is 324 g/mol. The molecule has 0 aromatic heterocycles. The Morgan fingerprint density at radius 3 is 2.52 bits per heavy atom. The lowest BCUT2D eigenvalue weighted by Crippen LogP contribution is -2.65. The van der Waals surface area contributed by atoms with Crippen molar-refractivity contribution >= 4 is 28.6 Å². The van der Waals surface area contributed by atoms with Gasteiger partial charge in [-0.1, -0.05) is 0 Å². The van der Waals surface area contributed by atoms with E-state index >= 15 is 0 Å². The molecule has 2 amide bonds. The standard InChI is InChI=1S/C14H18N2O6S/c1-7(17)15-4-5-23(22)9-6-8-10(14(2,3)21)12(18)16(8)11(9)13(19)20/h4-5,8,10,21H,6H2,1-3H3,(H,15,17)(H,19,20)/t8-,10+,23-/m1/s1. The molecular formula is C14H18N2O6S. The molecule has 0 unspecified atom stereocenters. The van der Waals surface area contributed by atoms with Crippen LogP contribution in [0.3, 0.4) is 0 Å². The fourth-order valence-corrected chi connectivity index (χ4v) is 3.99. The predicted molar refractivity (Wildman–Crippen MR) is 80.8 cm³/mol. The van der Waals surface area contributed by atoms with Gasteiger partial charge in [0.2, 0.25) is 11.8 Å². The number of hydrogen-bond donors (Lipinski definition) is 3. The number of carbonyl (C=O) groups is 3. The van der Waals surface area contributed by atoms with Gasteiger partial charge in [-0.15, -0.1) is 0 Å². The van der Waals surface area contributed by atoms with Crippen LogP contribution in [-0.2, 0) is 25.2 Å². The molecule has 0 aliphatic carbocycles. The number of carboxylic acids is 1. The van der Waals surface area contributed by atoms with Gasteiger partial charge in [-0.2, -0.15) is 0 Å². The summed E-state index contributed by atoms with van der Waals surface area (Å²) in [4.78, 5) is 35.6. The quantitative estimate of drug-likeness (QED) is 0.586. The fourth-order valence-electron chi connectivity index (χ4n) is 2.92. The van der Waals surface area contributed by atoms with Crippen molar-refractivity contribution in [1.29, 1.82) is 0 Å². The number of fused-ring (bicyclic) bond motifs is 1. The van der Waals surface area contributed by atoms with Gasteiger partial charge in [-0.25, -0.2) is 9.00 Å². The van der Waals surface area contributed by atoms with E-state index in [-0.39, 0.29) is 22.9 Å². The largest absolute Gasteiger partial charge is 0.477 e. The summed E-state index contributed by atoms with van der Waals surface area (Å²) in [6.45, 7) is 4.25.